The first-order chi connectivity index (χ1) is 16.6. The molecule has 0 aromatic heterocycles. The first-order valence-corrected chi connectivity index (χ1v) is 13.8. The minimum absolute atomic E-state index is 0.0338. The molecule has 0 aliphatic rings. The van der Waals surface area contributed by atoms with E-state index in [4.69, 9.17) is 0 Å². The summed E-state index contributed by atoms with van der Waals surface area (Å²) in [6.45, 7) is 6.00. The Morgan fingerprint density at radius 1 is 1.00 bits per heavy atom. The van der Waals surface area contributed by atoms with Gasteiger partial charge in [-0.3, -0.25) is 13.9 Å². The van der Waals surface area contributed by atoms with Gasteiger partial charge in [0, 0.05) is 25.6 Å². The molecule has 2 amide bonds. The maximum absolute atomic E-state index is 13.4. The number of carbonyl (C=O) groups excluding carboxylic acids is 2. The average Bonchev–Trinajstić information content (AvgIpc) is 2.82. The monoisotopic (exact) mass is 505 g/mol. The number of para-hydroxylation sites is 1. The van der Waals surface area contributed by atoms with Crippen LogP contribution in [0.4, 0.5) is 10.1 Å². The number of hydrogen-bond donors (Lipinski definition) is 1. The molecule has 35 heavy (non-hydrogen) atoms. The fourth-order valence-electron chi connectivity index (χ4n) is 3.75. The van der Waals surface area contributed by atoms with Crippen LogP contribution in [0.3, 0.4) is 0 Å². The summed E-state index contributed by atoms with van der Waals surface area (Å²) < 4.78 is 39.3. The minimum atomic E-state index is -3.53. The lowest BCUT2D eigenvalue weighted by molar-refractivity contribution is -0.141. The highest BCUT2D eigenvalue weighted by molar-refractivity contribution is 7.92. The van der Waals surface area contributed by atoms with Gasteiger partial charge in [-0.15, -0.1) is 0 Å². The maximum atomic E-state index is 13.4. The lowest BCUT2D eigenvalue weighted by Gasteiger charge is -2.32. The molecule has 0 saturated heterocycles. The number of carbonyl (C=O) groups is 2. The van der Waals surface area contributed by atoms with Crippen molar-refractivity contribution in [1.82, 2.24) is 10.2 Å². The quantitative estimate of drug-likeness (QED) is 0.444. The van der Waals surface area contributed by atoms with Crippen molar-refractivity contribution in [2.45, 2.75) is 65.1 Å². The van der Waals surface area contributed by atoms with Crippen LogP contribution in [0.5, 0.6) is 0 Å². The molecule has 2 rings (SSSR count). The fraction of sp³-hybridized carbons (Fsp3) is 0.462. The van der Waals surface area contributed by atoms with Crippen LogP contribution in [0.25, 0.3) is 0 Å². The lowest BCUT2D eigenvalue weighted by Crippen LogP contribution is -2.50. The number of nitrogens with zero attached hydrogens (tertiary/aromatic N) is 2. The van der Waals surface area contributed by atoms with E-state index in [1.165, 1.54) is 21.3 Å². The van der Waals surface area contributed by atoms with Gasteiger partial charge < -0.3 is 10.2 Å². The summed E-state index contributed by atoms with van der Waals surface area (Å²) in [7, 11) is -3.53. The molecule has 2 unspecified atom stereocenters. The van der Waals surface area contributed by atoms with E-state index in [1.807, 2.05) is 20.8 Å². The summed E-state index contributed by atoms with van der Waals surface area (Å²) in [5.41, 5.74) is 1.24. The molecular formula is C26H36FN3O4S. The zero-order valence-corrected chi connectivity index (χ0v) is 21.7. The van der Waals surface area contributed by atoms with Crippen molar-refractivity contribution in [3.05, 3.63) is 66.0 Å². The number of halogens is 1. The van der Waals surface area contributed by atoms with E-state index in [0.717, 1.165) is 12.7 Å². The highest BCUT2D eigenvalue weighted by atomic mass is 32.2. The molecule has 2 aromatic carbocycles. The van der Waals surface area contributed by atoms with Gasteiger partial charge in [-0.25, -0.2) is 12.8 Å². The highest BCUT2D eigenvalue weighted by Gasteiger charge is 2.29. The van der Waals surface area contributed by atoms with E-state index in [2.05, 4.69) is 5.32 Å². The molecule has 0 aliphatic carbocycles. The standard InChI is InChI=1S/C26H36FN3O4S/c1-5-20(3)28-26(32)24(6-2)29(19-21-14-16-22(27)17-15-21)25(31)13-10-18-30(35(4,33)34)23-11-8-7-9-12-23/h7-9,11-12,14-17,20,24H,5-6,10,13,18-19H2,1-4H3,(H,28,32). The molecule has 1 N–H and O–H groups in total. The van der Waals surface area contributed by atoms with Crippen molar-refractivity contribution in [3.8, 4) is 0 Å². The molecule has 9 heteroatoms. The van der Waals surface area contributed by atoms with E-state index < -0.39 is 16.1 Å². The predicted octanol–water partition coefficient (Wildman–Crippen LogP) is 4.09. The van der Waals surface area contributed by atoms with Gasteiger partial charge in [0.25, 0.3) is 0 Å². The first-order valence-electron chi connectivity index (χ1n) is 11.9. The largest absolute Gasteiger partial charge is 0.352 e. The smallest absolute Gasteiger partial charge is 0.243 e. The summed E-state index contributed by atoms with van der Waals surface area (Å²) >= 11 is 0. The molecular weight excluding hydrogens is 469 g/mol. The number of sulfonamides is 1. The van der Waals surface area contributed by atoms with E-state index in [9.17, 15) is 22.4 Å². The molecule has 0 bridgehead atoms. The minimum Gasteiger partial charge on any atom is -0.352 e. The van der Waals surface area contributed by atoms with E-state index >= 15 is 0 Å². The Morgan fingerprint density at radius 2 is 1.63 bits per heavy atom. The molecule has 0 fully saturated rings. The third-order valence-corrected chi connectivity index (χ3v) is 7.04. The van der Waals surface area contributed by atoms with Crippen molar-refractivity contribution in [2.75, 3.05) is 17.1 Å². The van der Waals surface area contributed by atoms with Gasteiger partial charge >= 0.3 is 0 Å². The Labute approximate surface area is 208 Å². The van der Waals surface area contributed by atoms with Crippen molar-refractivity contribution in [2.24, 2.45) is 0 Å². The number of rotatable bonds is 13. The summed E-state index contributed by atoms with van der Waals surface area (Å²) in [5.74, 6) is -0.878. The molecule has 0 radical (unpaired) electrons. The third-order valence-electron chi connectivity index (χ3n) is 5.85. The van der Waals surface area contributed by atoms with Crippen molar-refractivity contribution in [1.29, 1.82) is 0 Å². The topological polar surface area (TPSA) is 86.8 Å². The maximum Gasteiger partial charge on any atom is 0.243 e. The Hall–Kier alpha value is -2.94. The van der Waals surface area contributed by atoms with Crippen LogP contribution in [0.1, 0.15) is 52.0 Å². The van der Waals surface area contributed by atoms with Gasteiger partial charge in [-0.1, -0.05) is 44.2 Å². The van der Waals surface area contributed by atoms with Gasteiger partial charge in [-0.2, -0.15) is 0 Å². The Kier molecular flexibility index (Phi) is 10.7. The molecule has 2 aromatic rings. The van der Waals surface area contributed by atoms with Crippen LogP contribution in [0, 0.1) is 5.82 Å². The number of nitrogens with one attached hydrogen (secondary N) is 1. The van der Waals surface area contributed by atoms with Crippen LogP contribution < -0.4 is 9.62 Å². The second-order valence-corrected chi connectivity index (χ2v) is 10.6. The summed E-state index contributed by atoms with van der Waals surface area (Å²) in [6, 6.07) is 13.8. The van der Waals surface area contributed by atoms with Crippen LogP contribution in [0.15, 0.2) is 54.6 Å². The zero-order valence-electron chi connectivity index (χ0n) is 20.9. The molecule has 192 valence electrons. The zero-order chi connectivity index (χ0) is 26.0. The first kappa shape index (κ1) is 28.3. The van der Waals surface area contributed by atoms with Gasteiger partial charge in [0.2, 0.25) is 21.8 Å². The molecule has 0 saturated carbocycles. The summed E-state index contributed by atoms with van der Waals surface area (Å²) in [6.07, 6.45) is 2.65. The fourth-order valence-corrected chi connectivity index (χ4v) is 4.71. The number of hydrogen-bond acceptors (Lipinski definition) is 4. The Bertz CT molecular complexity index is 1060. The molecule has 2 atom stereocenters. The van der Waals surface area contributed by atoms with Gasteiger partial charge in [-0.05, 0) is 56.0 Å². The number of amides is 2. The molecule has 0 aliphatic heterocycles. The average molecular weight is 506 g/mol. The SMILES string of the molecule is CCC(C)NC(=O)C(CC)N(Cc1ccc(F)cc1)C(=O)CCCN(c1ccccc1)S(C)(=O)=O. The van der Waals surface area contributed by atoms with Gasteiger partial charge in [0.15, 0.2) is 0 Å². The van der Waals surface area contributed by atoms with E-state index in [-0.39, 0.29) is 49.6 Å². The molecule has 0 heterocycles. The van der Waals surface area contributed by atoms with Gasteiger partial charge in [0.05, 0.1) is 11.9 Å². The normalized spacial score (nSPS) is 13.1. The lowest BCUT2D eigenvalue weighted by atomic mass is 10.1. The van der Waals surface area contributed by atoms with Gasteiger partial charge in [0.1, 0.15) is 11.9 Å². The summed E-state index contributed by atoms with van der Waals surface area (Å²) in [5, 5.41) is 2.95. The second-order valence-electron chi connectivity index (χ2n) is 8.66. The van der Waals surface area contributed by atoms with Crippen molar-refractivity contribution in [3.63, 3.8) is 0 Å². The molecule has 7 nitrogen and oxygen atoms in total. The number of benzene rings is 2. The van der Waals surface area contributed by atoms with Crippen LogP contribution in [-0.2, 0) is 26.2 Å². The third kappa shape index (κ3) is 8.65. The van der Waals surface area contributed by atoms with Crippen molar-refractivity contribution < 1.29 is 22.4 Å². The van der Waals surface area contributed by atoms with Crippen LogP contribution in [-0.4, -0.2) is 50.0 Å². The van der Waals surface area contributed by atoms with E-state index in [1.54, 1.807) is 42.5 Å². The highest BCUT2D eigenvalue weighted by Crippen LogP contribution is 2.19. The summed E-state index contributed by atoms with van der Waals surface area (Å²) in [4.78, 5) is 27.8. The van der Waals surface area contributed by atoms with Crippen molar-refractivity contribution >= 4 is 27.5 Å². The number of anilines is 1. The Morgan fingerprint density at radius 3 is 2.17 bits per heavy atom. The van der Waals surface area contributed by atoms with Crippen LogP contribution in [0.2, 0.25) is 0 Å². The molecule has 0 spiro atoms. The second kappa shape index (κ2) is 13.2. The Balaban J connectivity index is 2.20. The predicted molar refractivity (Wildman–Crippen MR) is 137 cm³/mol. The van der Waals surface area contributed by atoms with Crippen LogP contribution >= 0.6 is 0 Å². The van der Waals surface area contributed by atoms with E-state index in [0.29, 0.717) is 17.7 Å².